The van der Waals surface area contributed by atoms with Gasteiger partial charge in [-0.3, -0.25) is 9.69 Å². The van der Waals surface area contributed by atoms with E-state index in [1.807, 2.05) is 13.8 Å². The molecule has 0 aromatic heterocycles. The summed E-state index contributed by atoms with van der Waals surface area (Å²) in [6.45, 7) is 12.2. The van der Waals surface area contributed by atoms with Crippen LogP contribution in [0.4, 0.5) is 9.18 Å². The molecule has 1 atom stereocenters. The molecule has 176 valence electrons. The number of hydrogen-bond acceptors (Lipinski definition) is 2. The molecule has 1 aliphatic carbocycles. The van der Waals surface area contributed by atoms with Crippen molar-refractivity contribution >= 4 is 23.6 Å². The molecule has 1 aromatic carbocycles. The van der Waals surface area contributed by atoms with Gasteiger partial charge in [-0.1, -0.05) is 46.2 Å². The van der Waals surface area contributed by atoms with Crippen LogP contribution < -0.4 is 5.32 Å². The fourth-order valence-corrected chi connectivity index (χ4v) is 4.86. The maximum atomic E-state index is 15.4. The number of benzene rings is 1. The number of halogens is 2. The number of rotatable bonds is 6. The molecule has 5 nitrogen and oxygen atoms in total. The van der Waals surface area contributed by atoms with Crippen molar-refractivity contribution in [2.24, 2.45) is 17.3 Å². The largest absolute Gasteiger partial charge is 0.481 e. The van der Waals surface area contributed by atoms with Crippen molar-refractivity contribution in [1.29, 1.82) is 0 Å². The van der Waals surface area contributed by atoms with Gasteiger partial charge in [0.05, 0.1) is 11.5 Å². The summed E-state index contributed by atoms with van der Waals surface area (Å²) in [5.41, 5.74) is 1.02. The fraction of sp³-hybridized carbons (Fsp3) is 0.600. The highest BCUT2D eigenvalue weighted by molar-refractivity contribution is 6.31. The van der Waals surface area contributed by atoms with Crippen LogP contribution in [0.5, 0.6) is 0 Å². The summed E-state index contributed by atoms with van der Waals surface area (Å²) in [5, 5.41) is 12.7. The van der Waals surface area contributed by atoms with E-state index in [2.05, 4.69) is 26.1 Å². The van der Waals surface area contributed by atoms with E-state index in [9.17, 15) is 9.59 Å². The molecule has 1 heterocycles. The Labute approximate surface area is 195 Å². The van der Waals surface area contributed by atoms with E-state index in [-0.39, 0.29) is 23.4 Å². The van der Waals surface area contributed by atoms with Crippen molar-refractivity contribution in [3.63, 3.8) is 0 Å². The summed E-state index contributed by atoms with van der Waals surface area (Å²) in [6.07, 6.45) is 4.18. The Bertz CT molecular complexity index is 947. The second-order valence-corrected chi connectivity index (χ2v) is 11.3. The van der Waals surface area contributed by atoms with E-state index in [4.69, 9.17) is 16.7 Å². The maximum absolute atomic E-state index is 15.4. The first-order valence-electron chi connectivity index (χ1n) is 11.3. The number of hydrogen-bond donors (Lipinski definition) is 2. The van der Waals surface area contributed by atoms with Crippen LogP contribution in [0.25, 0.3) is 0 Å². The first kappa shape index (κ1) is 24.6. The first-order valence-corrected chi connectivity index (χ1v) is 11.6. The third-order valence-corrected chi connectivity index (χ3v) is 7.10. The number of carbonyl (C=O) groups excluding carboxylic acids is 1. The van der Waals surface area contributed by atoms with Crippen LogP contribution in [0.1, 0.15) is 71.9 Å². The Morgan fingerprint density at radius 2 is 1.97 bits per heavy atom. The van der Waals surface area contributed by atoms with E-state index in [0.29, 0.717) is 29.8 Å². The molecule has 0 saturated heterocycles. The smallest absolute Gasteiger partial charge is 0.322 e. The van der Waals surface area contributed by atoms with Crippen LogP contribution in [-0.2, 0) is 16.8 Å². The number of aryl methyl sites for hydroxylation is 1. The minimum Gasteiger partial charge on any atom is -0.481 e. The normalized spacial score (nSPS) is 26.0. The van der Waals surface area contributed by atoms with Crippen molar-refractivity contribution in [3.05, 3.63) is 45.9 Å². The lowest BCUT2D eigenvalue weighted by molar-refractivity contribution is -0.146. The minimum absolute atomic E-state index is 0.0252. The monoisotopic (exact) mass is 464 g/mol. The number of amides is 2. The lowest BCUT2D eigenvalue weighted by Gasteiger charge is -2.47. The number of carboxylic acids is 1. The van der Waals surface area contributed by atoms with Crippen molar-refractivity contribution in [1.82, 2.24) is 10.2 Å². The van der Waals surface area contributed by atoms with Crippen molar-refractivity contribution in [2.75, 3.05) is 0 Å². The Hall–Kier alpha value is -2.08. The van der Waals surface area contributed by atoms with Crippen LogP contribution in [-0.4, -0.2) is 28.0 Å². The zero-order valence-corrected chi connectivity index (χ0v) is 20.5. The summed E-state index contributed by atoms with van der Waals surface area (Å²) in [4.78, 5) is 25.7. The zero-order valence-electron chi connectivity index (χ0n) is 19.8. The topological polar surface area (TPSA) is 69.6 Å². The van der Waals surface area contributed by atoms with Crippen LogP contribution in [0.15, 0.2) is 23.9 Å². The quantitative estimate of drug-likeness (QED) is 0.534. The number of carbonyl (C=O) groups is 2. The molecule has 1 fully saturated rings. The molecule has 32 heavy (non-hydrogen) atoms. The number of aliphatic carboxylic acids is 1. The average molecular weight is 465 g/mol. The molecule has 2 aliphatic rings. The van der Waals surface area contributed by atoms with Gasteiger partial charge in [-0.15, -0.1) is 0 Å². The molecule has 1 aromatic rings. The fourth-order valence-electron chi connectivity index (χ4n) is 4.60. The van der Waals surface area contributed by atoms with Gasteiger partial charge in [0.25, 0.3) is 0 Å². The van der Waals surface area contributed by atoms with E-state index in [1.165, 1.54) is 6.07 Å². The third-order valence-electron chi connectivity index (χ3n) is 6.74. The highest BCUT2D eigenvalue weighted by atomic mass is 35.5. The van der Waals surface area contributed by atoms with Gasteiger partial charge in [-0.05, 0) is 67.2 Å². The Morgan fingerprint density at radius 3 is 2.50 bits per heavy atom. The Morgan fingerprint density at radius 1 is 1.34 bits per heavy atom. The summed E-state index contributed by atoms with van der Waals surface area (Å²) in [7, 11) is 0. The number of carboxylic acid groups (broad SMARTS) is 1. The molecular formula is C25H34ClFN2O3. The lowest BCUT2D eigenvalue weighted by atomic mass is 9.75. The molecule has 1 saturated carbocycles. The number of urea groups is 1. The minimum atomic E-state index is -1.05. The number of nitrogens with zero attached hydrogens (tertiary/aromatic N) is 1. The maximum Gasteiger partial charge on any atom is 0.322 e. The Kier molecular flexibility index (Phi) is 6.67. The van der Waals surface area contributed by atoms with E-state index < -0.39 is 23.2 Å². The molecular weight excluding hydrogens is 431 g/mol. The van der Waals surface area contributed by atoms with Gasteiger partial charge >= 0.3 is 12.0 Å². The van der Waals surface area contributed by atoms with Crippen LogP contribution in [0.2, 0.25) is 5.02 Å². The molecule has 2 amide bonds. The molecule has 1 aliphatic heterocycles. The van der Waals surface area contributed by atoms with Gasteiger partial charge in [0.1, 0.15) is 5.82 Å². The predicted molar refractivity (Wildman–Crippen MR) is 124 cm³/mol. The van der Waals surface area contributed by atoms with Gasteiger partial charge in [0.15, 0.2) is 0 Å². The predicted octanol–water partition coefficient (Wildman–Crippen LogP) is 6.10. The van der Waals surface area contributed by atoms with Crippen molar-refractivity contribution < 1.29 is 19.1 Å². The van der Waals surface area contributed by atoms with E-state index in [0.717, 1.165) is 17.6 Å². The first-order chi connectivity index (χ1) is 14.7. The number of nitrogens with one attached hydrogen (secondary N) is 1. The average Bonchev–Trinajstić information content (AvgIpc) is 2.61. The molecule has 3 rings (SSSR count). The van der Waals surface area contributed by atoms with Gasteiger partial charge < -0.3 is 10.4 Å². The molecule has 0 spiro atoms. The van der Waals surface area contributed by atoms with E-state index >= 15 is 4.39 Å². The van der Waals surface area contributed by atoms with E-state index in [1.54, 1.807) is 24.1 Å². The summed E-state index contributed by atoms with van der Waals surface area (Å²) in [6, 6.07) is 2.63. The van der Waals surface area contributed by atoms with Gasteiger partial charge in [0.2, 0.25) is 0 Å². The highest BCUT2D eigenvalue weighted by Gasteiger charge is 2.46. The highest BCUT2D eigenvalue weighted by Crippen LogP contribution is 2.42. The Balaban J connectivity index is 1.94. The van der Waals surface area contributed by atoms with Crippen LogP contribution >= 0.6 is 11.6 Å². The van der Waals surface area contributed by atoms with Gasteiger partial charge in [-0.25, -0.2) is 9.18 Å². The zero-order chi connectivity index (χ0) is 24.0. The molecule has 0 unspecified atom stereocenters. The molecule has 7 heteroatoms. The van der Waals surface area contributed by atoms with Crippen molar-refractivity contribution in [3.8, 4) is 0 Å². The summed E-state index contributed by atoms with van der Waals surface area (Å²) >= 11 is 6.57. The molecule has 2 N–H and O–H groups in total. The van der Waals surface area contributed by atoms with Gasteiger partial charge in [0, 0.05) is 22.8 Å². The molecule has 0 bridgehead atoms. The van der Waals surface area contributed by atoms with Crippen molar-refractivity contribution in [2.45, 2.75) is 78.8 Å². The molecule has 0 radical (unpaired) electrons. The second kappa shape index (κ2) is 8.69. The van der Waals surface area contributed by atoms with Crippen LogP contribution in [0.3, 0.4) is 0 Å². The summed E-state index contributed by atoms with van der Waals surface area (Å²) in [5.74, 6) is -1.62. The lowest BCUT2D eigenvalue weighted by Crippen LogP contribution is -2.59. The third kappa shape index (κ3) is 4.80. The second-order valence-electron chi connectivity index (χ2n) is 10.8. The SMILES string of the molecule is CC(C)C1=CN([C@H]2C[C@H](C(=O)O)C2)C(=O)N[C@]1(C)c1cc(Cl)c(CCC(C)(C)C)cc1F. The van der Waals surface area contributed by atoms with Gasteiger partial charge in [-0.2, -0.15) is 0 Å². The summed E-state index contributed by atoms with van der Waals surface area (Å²) < 4.78 is 15.4. The standard InChI is InChI=1S/C25H34ClFN2O3/c1-14(2)19-13-29(17-9-16(10-17)22(30)31)23(32)28-25(19,6)18-12-20(26)15(11-21(18)27)7-8-24(3,4)5/h11-14,16-17H,7-10H2,1-6H3,(H,28,32)(H,30,31)/t16-,17-,25-/m1/s1. The van der Waals surface area contributed by atoms with Crippen LogP contribution in [0, 0.1) is 23.1 Å².